The summed E-state index contributed by atoms with van der Waals surface area (Å²) >= 11 is 7.35. The van der Waals surface area contributed by atoms with Crippen LogP contribution in [0.3, 0.4) is 0 Å². The maximum atomic E-state index is 13.4. The molecule has 0 saturated carbocycles. The fourth-order valence-electron chi connectivity index (χ4n) is 3.26. The molecule has 1 aliphatic rings. The number of fused-ring (bicyclic) bond motifs is 2. The van der Waals surface area contributed by atoms with Crippen molar-refractivity contribution in [1.82, 2.24) is 9.97 Å². The number of imidazole rings is 1. The van der Waals surface area contributed by atoms with Gasteiger partial charge in [-0.2, -0.15) is 0 Å². The summed E-state index contributed by atoms with van der Waals surface area (Å²) in [5, 5.41) is 3.68. The van der Waals surface area contributed by atoms with E-state index in [-0.39, 0.29) is 11.8 Å². The molecule has 1 aromatic heterocycles. The number of aromatic nitrogens is 2. The molecular weight excluding hydrogens is 396 g/mol. The standard InChI is InChI=1S/C20H19ClN4O2S/c1-11(28-19-23-13-9-8-12(21)10-15(13)24-19)17(26)25-16-7-5-4-6-14(16)22-18(27)20(25,2)3/h4-11H,1-3H3,(H,22,27)(H,23,24). The molecule has 4 rings (SSSR count). The van der Waals surface area contributed by atoms with Gasteiger partial charge in [-0.3, -0.25) is 14.5 Å². The van der Waals surface area contributed by atoms with Crippen LogP contribution in [0.1, 0.15) is 20.8 Å². The highest BCUT2D eigenvalue weighted by Crippen LogP contribution is 2.38. The first kappa shape index (κ1) is 18.8. The SMILES string of the molecule is CC(Sc1nc2ccc(Cl)cc2[nH]1)C(=O)N1c2ccccc2NC(=O)C1(C)C. The fourth-order valence-corrected chi connectivity index (χ4v) is 4.29. The molecule has 0 bridgehead atoms. The topological polar surface area (TPSA) is 78.1 Å². The van der Waals surface area contributed by atoms with Gasteiger partial charge in [0.25, 0.3) is 0 Å². The molecule has 0 saturated heterocycles. The van der Waals surface area contributed by atoms with Gasteiger partial charge in [0.1, 0.15) is 5.54 Å². The van der Waals surface area contributed by atoms with E-state index in [4.69, 9.17) is 11.6 Å². The van der Waals surface area contributed by atoms with Crippen LogP contribution in [-0.2, 0) is 9.59 Å². The Hall–Kier alpha value is -2.51. The van der Waals surface area contributed by atoms with Crippen LogP contribution in [0.4, 0.5) is 11.4 Å². The van der Waals surface area contributed by atoms with E-state index in [9.17, 15) is 9.59 Å². The Morgan fingerprint density at radius 1 is 1.25 bits per heavy atom. The van der Waals surface area contributed by atoms with E-state index >= 15 is 0 Å². The van der Waals surface area contributed by atoms with Crippen LogP contribution < -0.4 is 10.2 Å². The first-order valence-corrected chi connectivity index (χ1v) is 10.1. The quantitative estimate of drug-likeness (QED) is 0.620. The number of H-pyrrole nitrogens is 1. The Morgan fingerprint density at radius 3 is 2.79 bits per heavy atom. The largest absolute Gasteiger partial charge is 0.333 e. The first-order chi connectivity index (χ1) is 13.3. The molecule has 2 aromatic carbocycles. The summed E-state index contributed by atoms with van der Waals surface area (Å²) in [6.45, 7) is 5.31. The monoisotopic (exact) mass is 414 g/mol. The second-order valence-electron chi connectivity index (χ2n) is 7.17. The Balaban J connectivity index is 1.64. The molecular formula is C20H19ClN4O2S. The van der Waals surface area contributed by atoms with E-state index in [0.29, 0.717) is 21.6 Å². The van der Waals surface area contributed by atoms with Gasteiger partial charge in [0.05, 0.1) is 27.7 Å². The van der Waals surface area contributed by atoms with Gasteiger partial charge in [0.2, 0.25) is 11.8 Å². The fraction of sp³-hybridized carbons (Fsp3) is 0.250. The van der Waals surface area contributed by atoms with E-state index in [2.05, 4.69) is 15.3 Å². The summed E-state index contributed by atoms with van der Waals surface area (Å²) < 4.78 is 0. The summed E-state index contributed by atoms with van der Waals surface area (Å²) in [6.07, 6.45) is 0. The van der Waals surface area contributed by atoms with E-state index in [1.165, 1.54) is 11.8 Å². The Bertz CT molecular complexity index is 1090. The highest BCUT2D eigenvalue weighted by atomic mass is 35.5. The van der Waals surface area contributed by atoms with Crippen molar-refractivity contribution in [2.45, 2.75) is 36.7 Å². The van der Waals surface area contributed by atoms with Crippen molar-refractivity contribution >= 4 is 57.6 Å². The van der Waals surface area contributed by atoms with Gasteiger partial charge in [-0.05, 0) is 51.1 Å². The average Bonchev–Trinajstić information content (AvgIpc) is 3.03. The third-order valence-electron chi connectivity index (χ3n) is 4.79. The van der Waals surface area contributed by atoms with Crippen LogP contribution in [0, 0.1) is 0 Å². The van der Waals surface area contributed by atoms with E-state index in [1.54, 1.807) is 36.9 Å². The zero-order chi connectivity index (χ0) is 20.1. The molecule has 0 spiro atoms. The van der Waals surface area contributed by atoms with E-state index in [1.807, 2.05) is 31.2 Å². The van der Waals surface area contributed by atoms with Crippen molar-refractivity contribution in [3.63, 3.8) is 0 Å². The Morgan fingerprint density at radius 2 is 2.00 bits per heavy atom. The van der Waals surface area contributed by atoms with Gasteiger partial charge in [-0.15, -0.1) is 0 Å². The van der Waals surface area contributed by atoms with Gasteiger partial charge in [0, 0.05) is 5.02 Å². The number of amides is 2. The highest BCUT2D eigenvalue weighted by Gasteiger charge is 2.44. The molecule has 1 unspecified atom stereocenters. The average molecular weight is 415 g/mol. The van der Waals surface area contributed by atoms with Crippen molar-refractivity contribution in [3.8, 4) is 0 Å². The predicted molar refractivity (Wildman–Crippen MR) is 113 cm³/mol. The maximum absolute atomic E-state index is 13.4. The number of hydrogen-bond acceptors (Lipinski definition) is 4. The Kier molecular flexibility index (Phi) is 4.59. The minimum Gasteiger partial charge on any atom is -0.333 e. The lowest BCUT2D eigenvalue weighted by atomic mass is 9.96. The lowest BCUT2D eigenvalue weighted by molar-refractivity contribution is -0.126. The minimum absolute atomic E-state index is 0.157. The smallest absolute Gasteiger partial charge is 0.250 e. The number of halogens is 1. The van der Waals surface area contributed by atoms with Crippen molar-refractivity contribution < 1.29 is 9.59 Å². The molecule has 8 heteroatoms. The number of rotatable bonds is 3. The third kappa shape index (κ3) is 3.14. The molecule has 0 fully saturated rings. The summed E-state index contributed by atoms with van der Waals surface area (Å²) in [5.41, 5.74) is 1.94. The zero-order valence-corrected chi connectivity index (χ0v) is 17.2. The maximum Gasteiger partial charge on any atom is 0.250 e. The van der Waals surface area contributed by atoms with Crippen LogP contribution in [0.2, 0.25) is 5.02 Å². The Labute approximate surface area is 171 Å². The normalized spacial score (nSPS) is 16.6. The molecule has 28 heavy (non-hydrogen) atoms. The number of nitrogens with zero attached hydrogens (tertiary/aromatic N) is 2. The number of anilines is 2. The molecule has 1 atom stereocenters. The summed E-state index contributed by atoms with van der Waals surface area (Å²) in [7, 11) is 0. The number of hydrogen-bond donors (Lipinski definition) is 2. The lowest BCUT2D eigenvalue weighted by Crippen LogP contribution is -2.60. The number of thioether (sulfide) groups is 1. The van der Waals surface area contributed by atoms with Crippen LogP contribution in [0.5, 0.6) is 0 Å². The molecule has 3 aromatic rings. The van der Waals surface area contributed by atoms with Gasteiger partial charge >= 0.3 is 0 Å². The lowest BCUT2D eigenvalue weighted by Gasteiger charge is -2.42. The number of carbonyl (C=O) groups excluding carboxylic acids is 2. The van der Waals surface area contributed by atoms with Gasteiger partial charge in [-0.1, -0.05) is 35.5 Å². The molecule has 2 heterocycles. The summed E-state index contributed by atoms with van der Waals surface area (Å²) in [6, 6.07) is 12.7. The summed E-state index contributed by atoms with van der Waals surface area (Å²) in [4.78, 5) is 35.2. The molecule has 6 nitrogen and oxygen atoms in total. The number of carbonyl (C=O) groups is 2. The molecule has 0 aliphatic carbocycles. The second kappa shape index (κ2) is 6.83. The molecule has 2 N–H and O–H groups in total. The first-order valence-electron chi connectivity index (χ1n) is 8.84. The van der Waals surface area contributed by atoms with Crippen LogP contribution in [-0.4, -0.2) is 32.6 Å². The minimum atomic E-state index is -0.998. The zero-order valence-electron chi connectivity index (χ0n) is 15.6. The van der Waals surface area contributed by atoms with Crippen molar-refractivity contribution in [1.29, 1.82) is 0 Å². The molecule has 144 valence electrons. The van der Waals surface area contributed by atoms with Gasteiger partial charge < -0.3 is 10.3 Å². The van der Waals surface area contributed by atoms with Crippen LogP contribution in [0.15, 0.2) is 47.6 Å². The molecule has 2 amide bonds. The highest BCUT2D eigenvalue weighted by molar-refractivity contribution is 8.00. The van der Waals surface area contributed by atoms with Crippen LogP contribution in [0.25, 0.3) is 11.0 Å². The molecule has 1 aliphatic heterocycles. The predicted octanol–water partition coefficient (Wildman–Crippen LogP) is 4.46. The van der Waals surface area contributed by atoms with Crippen molar-refractivity contribution in [2.75, 3.05) is 10.2 Å². The van der Waals surface area contributed by atoms with Crippen LogP contribution >= 0.6 is 23.4 Å². The van der Waals surface area contributed by atoms with Gasteiger partial charge in [-0.25, -0.2) is 4.98 Å². The number of nitrogens with one attached hydrogen (secondary N) is 2. The number of aromatic amines is 1. The van der Waals surface area contributed by atoms with E-state index in [0.717, 1.165) is 11.0 Å². The third-order valence-corrected chi connectivity index (χ3v) is 5.99. The number of para-hydroxylation sites is 2. The second-order valence-corrected chi connectivity index (χ2v) is 8.93. The number of benzene rings is 2. The molecule has 0 radical (unpaired) electrons. The van der Waals surface area contributed by atoms with Crippen molar-refractivity contribution in [2.24, 2.45) is 0 Å². The summed E-state index contributed by atoms with van der Waals surface area (Å²) in [5.74, 6) is -0.370. The van der Waals surface area contributed by atoms with Crippen molar-refractivity contribution in [3.05, 3.63) is 47.5 Å². The van der Waals surface area contributed by atoms with E-state index < -0.39 is 10.8 Å². The van der Waals surface area contributed by atoms with Gasteiger partial charge in [0.15, 0.2) is 5.16 Å².